The minimum atomic E-state index is 0.00241. The van der Waals surface area contributed by atoms with Gasteiger partial charge in [-0.3, -0.25) is 4.79 Å². The number of hydrogen-bond donors (Lipinski definition) is 1. The van der Waals surface area contributed by atoms with Crippen LogP contribution in [0, 0.1) is 17.8 Å². The summed E-state index contributed by atoms with van der Waals surface area (Å²) in [4.78, 5) is 12.0. The summed E-state index contributed by atoms with van der Waals surface area (Å²) in [5.41, 5.74) is 0.704. The molecular weight excluding hydrogens is 290 g/mol. The van der Waals surface area contributed by atoms with Crippen LogP contribution in [0.5, 0.6) is 0 Å². The molecule has 3 heteroatoms. The van der Waals surface area contributed by atoms with Gasteiger partial charge in [-0.15, -0.1) is 0 Å². The van der Waals surface area contributed by atoms with Gasteiger partial charge in [-0.25, -0.2) is 0 Å². The Balaban J connectivity index is 2.60. The molecule has 0 bridgehead atoms. The second-order valence-corrected chi connectivity index (χ2v) is 6.29. The SMILES string of the molecule is CC(C)C(CNC(=O)c1cccc(Br)c1)C(C)C. The summed E-state index contributed by atoms with van der Waals surface area (Å²) in [5.74, 6) is 1.67. The Bertz CT molecular complexity index is 393. The fourth-order valence-electron chi connectivity index (χ4n) is 2.18. The average molecular weight is 312 g/mol. The molecule has 0 aliphatic heterocycles. The fraction of sp³-hybridized carbons (Fsp3) is 0.533. The van der Waals surface area contributed by atoms with Gasteiger partial charge in [-0.05, 0) is 36.0 Å². The molecule has 100 valence electrons. The molecule has 0 fully saturated rings. The lowest BCUT2D eigenvalue weighted by Gasteiger charge is -2.25. The van der Waals surface area contributed by atoms with E-state index < -0.39 is 0 Å². The molecular formula is C15H22BrNO. The van der Waals surface area contributed by atoms with Gasteiger partial charge in [0.2, 0.25) is 0 Å². The van der Waals surface area contributed by atoms with Crippen molar-refractivity contribution in [2.24, 2.45) is 17.8 Å². The first kappa shape index (κ1) is 15.2. The van der Waals surface area contributed by atoms with Gasteiger partial charge in [0.25, 0.3) is 5.91 Å². The van der Waals surface area contributed by atoms with Gasteiger partial charge in [0.15, 0.2) is 0 Å². The highest BCUT2D eigenvalue weighted by Gasteiger charge is 2.18. The van der Waals surface area contributed by atoms with Crippen molar-refractivity contribution in [3.63, 3.8) is 0 Å². The average Bonchev–Trinajstić information content (AvgIpc) is 2.28. The van der Waals surface area contributed by atoms with E-state index in [-0.39, 0.29) is 5.91 Å². The molecule has 1 amide bonds. The fourth-order valence-corrected chi connectivity index (χ4v) is 2.58. The highest BCUT2D eigenvalue weighted by molar-refractivity contribution is 9.10. The lowest BCUT2D eigenvalue weighted by atomic mass is 9.85. The molecule has 0 aliphatic carbocycles. The Hall–Kier alpha value is -0.830. The third-order valence-electron chi connectivity index (χ3n) is 3.30. The van der Waals surface area contributed by atoms with Gasteiger partial charge in [-0.1, -0.05) is 49.7 Å². The molecule has 0 saturated carbocycles. The maximum Gasteiger partial charge on any atom is 0.251 e. The third kappa shape index (κ3) is 4.45. The van der Waals surface area contributed by atoms with Crippen molar-refractivity contribution in [3.05, 3.63) is 34.3 Å². The second kappa shape index (κ2) is 6.93. The van der Waals surface area contributed by atoms with E-state index in [1.807, 2.05) is 24.3 Å². The number of hydrogen-bond acceptors (Lipinski definition) is 1. The lowest BCUT2D eigenvalue weighted by molar-refractivity contribution is 0.0937. The zero-order chi connectivity index (χ0) is 13.7. The molecule has 1 aromatic carbocycles. The number of carbonyl (C=O) groups excluding carboxylic acids is 1. The summed E-state index contributed by atoms with van der Waals surface area (Å²) in [7, 11) is 0. The summed E-state index contributed by atoms with van der Waals surface area (Å²) >= 11 is 3.38. The lowest BCUT2D eigenvalue weighted by Crippen LogP contribution is -2.33. The van der Waals surface area contributed by atoms with E-state index in [0.29, 0.717) is 23.3 Å². The molecule has 0 saturated heterocycles. The number of benzene rings is 1. The van der Waals surface area contributed by atoms with Crippen molar-refractivity contribution in [2.75, 3.05) is 6.54 Å². The molecule has 1 rings (SSSR count). The standard InChI is InChI=1S/C15H22BrNO/c1-10(2)14(11(3)4)9-17-15(18)12-6-5-7-13(16)8-12/h5-8,10-11,14H,9H2,1-4H3,(H,17,18). The molecule has 2 nitrogen and oxygen atoms in total. The van der Waals surface area contributed by atoms with Gasteiger partial charge < -0.3 is 5.32 Å². The second-order valence-electron chi connectivity index (χ2n) is 5.37. The van der Waals surface area contributed by atoms with E-state index in [1.165, 1.54) is 0 Å². The van der Waals surface area contributed by atoms with Gasteiger partial charge in [0, 0.05) is 16.6 Å². The van der Waals surface area contributed by atoms with Gasteiger partial charge in [0.05, 0.1) is 0 Å². The first-order valence-electron chi connectivity index (χ1n) is 6.45. The maximum absolute atomic E-state index is 12.0. The van der Waals surface area contributed by atoms with Crippen LogP contribution in [0.1, 0.15) is 38.1 Å². The van der Waals surface area contributed by atoms with Crippen molar-refractivity contribution < 1.29 is 4.79 Å². The van der Waals surface area contributed by atoms with E-state index in [2.05, 4.69) is 48.9 Å². The smallest absolute Gasteiger partial charge is 0.251 e. The first-order chi connectivity index (χ1) is 8.41. The largest absolute Gasteiger partial charge is 0.352 e. The zero-order valence-electron chi connectivity index (χ0n) is 11.5. The molecule has 18 heavy (non-hydrogen) atoms. The highest BCUT2D eigenvalue weighted by atomic mass is 79.9. The normalized spacial score (nSPS) is 11.3. The van der Waals surface area contributed by atoms with E-state index in [4.69, 9.17) is 0 Å². The Labute approximate surface area is 118 Å². The number of rotatable bonds is 5. The van der Waals surface area contributed by atoms with Crippen molar-refractivity contribution in [2.45, 2.75) is 27.7 Å². The molecule has 0 heterocycles. The molecule has 0 spiro atoms. The van der Waals surface area contributed by atoms with Gasteiger partial charge in [-0.2, -0.15) is 0 Å². The highest BCUT2D eigenvalue weighted by Crippen LogP contribution is 2.19. The van der Waals surface area contributed by atoms with E-state index in [0.717, 1.165) is 11.0 Å². The van der Waals surface area contributed by atoms with Gasteiger partial charge >= 0.3 is 0 Å². The molecule has 1 N–H and O–H groups in total. The van der Waals surface area contributed by atoms with Crippen molar-refractivity contribution in [1.82, 2.24) is 5.32 Å². The van der Waals surface area contributed by atoms with Crippen LogP contribution in [0.3, 0.4) is 0 Å². The molecule has 0 aromatic heterocycles. The van der Waals surface area contributed by atoms with Crippen molar-refractivity contribution in [3.8, 4) is 0 Å². The van der Waals surface area contributed by atoms with Crippen molar-refractivity contribution in [1.29, 1.82) is 0 Å². The number of halogens is 1. The van der Waals surface area contributed by atoms with E-state index in [9.17, 15) is 4.79 Å². The Morgan fingerprint density at radius 3 is 2.33 bits per heavy atom. The Morgan fingerprint density at radius 1 is 1.22 bits per heavy atom. The predicted octanol–water partition coefficient (Wildman–Crippen LogP) is 4.11. The van der Waals surface area contributed by atoms with E-state index in [1.54, 1.807) is 0 Å². The molecule has 0 radical (unpaired) electrons. The number of amides is 1. The number of nitrogens with one attached hydrogen (secondary N) is 1. The summed E-state index contributed by atoms with van der Waals surface area (Å²) in [6.07, 6.45) is 0. The maximum atomic E-state index is 12.0. The predicted molar refractivity (Wildman–Crippen MR) is 79.6 cm³/mol. The minimum Gasteiger partial charge on any atom is -0.352 e. The first-order valence-corrected chi connectivity index (χ1v) is 7.25. The van der Waals surface area contributed by atoms with Crippen LogP contribution >= 0.6 is 15.9 Å². The monoisotopic (exact) mass is 311 g/mol. The molecule has 1 aromatic rings. The van der Waals surface area contributed by atoms with Crippen LogP contribution in [-0.2, 0) is 0 Å². The summed E-state index contributed by atoms with van der Waals surface area (Å²) in [6, 6.07) is 7.47. The third-order valence-corrected chi connectivity index (χ3v) is 3.79. The van der Waals surface area contributed by atoms with Crippen LogP contribution < -0.4 is 5.32 Å². The summed E-state index contributed by atoms with van der Waals surface area (Å²) in [5, 5.41) is 3.03. The van der Waals surface area contributed by atoms with Gasteiger partial charge in [0.1, 0.15) is 0 Å². The minimum absolute atomic E-state index is 0.00241. The zero-order valence-corrected chi connectivity index (χ0v) is 13.1. The van der Waals surface area contributed by atoms with Crippen LogP contribution in [0.25, 0.3) is 0 Å². The van der Waals surface area contributed by atoms with Crippen LogP contribution in [-0.4, -0.2) is 12.5 Å². The molecule has 0 unspecified atom stereocenters. The molecule has 0 aliphatic rings. The molecule has 0 atom stereocenters. The Morgan fingerprint density at radius 2 is 1.83 bits per heavy atom. The van der Waals surface area contributed by atoms with Crippen molar-refractivity contribution >= 4 is 21.8 Å². The van der Waals surface area contributed by atoms with E-state index >= 15 is 0 Å². The summed E-state index contributed by atoms with van der Waals surface area (Å²) < 4.78 is 0.930. The quantitative estimate of drug-likeness (QED) is 0.871. The van der Waals surface area contributed by atoms with Crippen LogP contribution in [0.2, 0.25) is 0 Å². The topological polar surface area (TPSA) is 29.1 Å². The summed E-state index contributed by atoms with van der Waals surface area (Å²) in [6.45, 7) is 9.55. The van der Waals surface area contributed by atoms with Crippen LogP contribution in [0.15, 0.2) is 28.7 Å². The van der Waals surface area contributed by atoms with Crippen LogP contribution in [0.4, 0.5) is 0 Å². The number of carbonyl (C=O) groups is 1. The Kier molecular flexibility index (Phi) is 5.86.